The normalized spacial score (nSPS) is 42.7. The Kier molecular flexibility index (Phi) is 7.96. The molecule has 210 valence electrons. The monoisotopic (exact) mass is 537 g/mol. The third-order valence-corrected chi connectivity index (χ3v) is 12.4. The Bertz CT molecular complexity index is 965. The van der Waals surface area contributed by atoms with Crippen molar-refractivity contribution in [3.63, 3.8) is 0 Å². The van der Waals surface area contributed by atoms with Crippen LogP contribution in [0.3, 0.4) is 0 Å². The molecule has 2 amide bonds. The third-order valence-electron chi connectivity index (χ3n) is 10.7. The van der Waals surface area contributed by atoms with Crippen LogP contribution in [0, 0.1) is 17.8 Å². The highest BCUT2D eigenvalue weighted by Gasteiger charge is 2.50. The number of fused-ring (bicyclic) bond motifs is 2. The lowest BCUT2D eigenvalue weighted by Gasteiger charge is -2.55. The van der Waals surface area contributed by atoms with Crippen molar-refractivity contribution in [3.05, 3.63) is 0 Å². The molecule has 0 spiro atoms. The first-order valence-electron chi connectivity index (χ1n) is 14.6. The molecule has 0 aromatic heterocycles. The van der Waals surface area contributed by atoms with Crippen molar-refractivity contribution in [2.45, 2.75) is 126 Å². The summed E-state index contributed by atoms with van der Waals surface area (Å²) in [7, 11) is -1.19. The molecule has 8 atom stereocenters. The lowest BCUT2D eigenvalue weighted by Crippen LogP contribution is -2.68. The second-order valence-corrected chi connectivity index (χ2v) is 15.2. The lowest BCUT2D eigenvalue weighted by molar-refractivity contribution is -0.155. The molecule has 0 aromatic rings. The molecule has 5 rings (SSSR count). The quantitative estimate of drug-likeness (QED) is 0.593. The summed E-state index contributed by atoms with van der Waals surface area (Å²) in [5, 5.41) is 3.49. The van der Waals surface area contributed by atoms with Crippen molar-refractivity contribution >= 4 is 21.7 Å². The molecule has 2 saturated heterocycles. The smallest absolute Gasteiger partial charge is 0.240 e. The molecule has 8 nitrogen and oxygen atoms in total. The highest BCUT2D eigenvalue weighted by Crippen LogP contribution is 2.44. The van der Waals surface area contributed by atoms with E-state index in [1.807, 2.05) is 0 Å². The Hall–Kier alpha value is -1.19. The minimum atomic E-state index is -2.98. The van der Waals surface area contributed by atoms with Gasteiger partial charge in [-0.3, -0.25) is 9.59 Å². The van der Waals surface area contributed by atoms with Crippen molar-refractivity contribution in [1.82, 2.24) is 15.1 Å². The fourth-order valence-electron chi connectivity index (χ4n) is 8.79. The molecule has 0 aromatic carbocycles. The van der Waals surface area contributed by atoms with Crippen molar-refractivity contribution in [1.29, 1.82) is 0 Å². The number of ether oxygens (including phenoxy) is 1. The van der Waals surface area contributed by atoms with Gasteiger partial charge in [0.1, 0.15) is 9.84 Å². The van der Waals surface area contributed by atoms with E-state index in [2.05, 4.69) is 22.0 Å². The highest BCUT2D eigenvalue weighted by atomic mass is 32.2. The number of carbonyl (C=O) groups is 2. The van der Waals surface area contributed by atoms with Gasteiger partial charge >= 0.3 is 0 Å². The molecule has 5 fully saturated rings. The predicted molar refractivity (Wildman–Crippen MR) is 143 cm³/mol. The van der Waals surface area contributed by atoms with Gasteiger partial charge < -0.3 is 19.9 Å². The van der Waals surface area contributed by atoms with Crippen LogP contribution in [0.2, 0.25) is 0 Å². The van der Waals surface area contributed by atoms with Crippen LogP contribution in [0.1, 0.15) is 84.5 Å². The zero-order chi connectivity index (χ0) is 26.5. The summed E-state index contributed by atoms with van der Waals surface area (Å²) in [6.45, 7) is 4.35. The van der Waals surface area contributed by atoms with Crippen LogP contribution < -0.4 is 5.32 Å². The van der Waals surface area contributed by atoms with E-state index in [0.29, 0.717) is 36.4 Å². The third kappa shape index (κ3) is 5.46. The maximum Gasteiger partial charge on any atom is 0.240 e. The number of nitrogens with zero attached hydrogens (tertiary/aromatic N) is 2. The molecule has 1 N–H and O–H groups in total. The molecule has 0 bridgehead atoms. The summed E-state index contributed by atoms with van der Waals surface area (Å²) < 4.78 is 29.8. The average molecular weight is 538 g/mol. The second kappa shape index (κ2) is 10.8. The topological polar surface area (TPSA) is 96.0 Å². The van der Waals surface area contributed by atoms with E-state index in [9.17, 15) is 18.0 Å². The van der Waals surface area contributed by atoms with Crippen LogP contribution in [0.4, 0.5) is 0 Å². The number of hydrogen-bond donors (Lipinski definition) is 1. The molecule has 3 saturated carbocycles. The maximum atomic E-state index is 14.1. The number of hydrogen-bond acceptors (Lipinski definition) is 6. The highest BCUT2D eigenvalue weighted by molar-refractivity contribution is 7.91. The summed E-state index contributed by atoms with van der Waals surface area (Å²) in [5.74, 6) is 1.82. The SMILES string of the molecule is COC1CCC2NC(C(=O)N3C[C@H](C)N(C(C)=O)C4CCC(C5CCC(S(C)(=O)=O)CC5)CC43)CC2C1. The first-order valence-corrected chi connectivity index (χ1v) is 16.6. The molecule has 2 heterocycles. The zero-order valence-electron chi connectivity index (χ0n) is 23.1. The van der Waals surface area contributed by atoms with Gasteiger partial charge in [-0.1, -0.05) is 0 Å². The molecule has 2 aliphatic heterocycles. The summed E-state index contributed by atoms with van der Waals surface area (Å²) >= 11 is 0. The Morgan fingerprint density at radius 1 is 0.865 bits per heavy atom. The van der Waals surface area contributed by atoms with Gasteiger partial charge in [0.2, 0.25) is 11.8 Å². The van der Waals surface area contributed by atoms with E-state index in [1.54, 1.807) is 14.0 Å². The molecular weight excluding hydrogens is 490 g/mol. The van der Waals surface area contributed by atoms with Crippen molar-refractivity contribution in [3.8, 4) is 0 Å². The second-order valence-electron chi connectivity index (χ2n) is 12.8. The van der Waals surface area contributed by atoms with Crippen molar-refractivity contribution in [2.75, 3.05) is 19.9 Å². The minimum Gasteiger partial charge on any atom is -0.381 e. The number of methoxy groups -OCH3 is 1. The molecule has 5 aliphatic rings. The number of rotatable bonds is 4. The molecule has 37 heavy (non-hydrogen) atoms. The Morgan fingerprint density at radius 2 is 1.57 bits per heavy atom. The number of sulfone groups is 1. The zero-order valence-corrected chi connectivity index (χ0v) is 23.9. The van der Waals surface area contributed by atoms with E-state index >= 15 is 0 Å². The van der Waals surface area contributed by atoms with Crippen LogP contribution in [0.15, 0.2) is 0 Å². The van der Waals surface area contributed by atoms with E-state index in [4.69, 9.17) is 4.74 Å². The van der Waals surface area contributed by atoms with Gasteiger partial charge in [-0.15, -0.1) is 0 Å². The number of amides is 2. The Labute approximate surface area is 223 Å². The maximum absolute atomic E-state index is 14.1. The van der Waals surface area contributed by atoms with E-state index < -0.39 is 9.84 Å². The summed E-state index contributed by atoms with van der Waals surface area (Å²) in [5.41, 5.74) is 0. The van der Waals surface area contributed by atoms with Crippen LogP contribution in [-0.4, -0.2) is 91.5 Å². The first-order chi connectivity index (χ1) is 17.6. The molecule has 9 heteroatoms. The molecule has 7 unspecified atom stereocenters. The van der Waals surface area contributed by atoms with Gasteiger partial charge in [0, 0.05) is 38.9 Å². The average Bonchev–Trinajstić information content (AvgIpc) is 3.30. The predicted octanol–water partition coefficient (Wildman–Crippen LogP) is 2.75. The van der Waals surface area contributed by atoms with E-state index in [0.717, 1.165) is 70.6 Å². The largest absolute Gasteiger partial charge is 0.381 e. The summed E-state index contributed by atoms with van der Waals surface area (Å²) in [6.07, 6.45) is 12.0. The van der Waals surface area contributed by atoms with Gasteiger partial charge in [0.15, 0.2) is 0 Å². The fraction of sp³-hybridized carbons (Fsp3) is 0.929. The van der Waals surface area contributed by atoms with Crippen LogP contribution in [0.25, 0.3) is 0 Å². The van der Waals surface area contributed by atoms with Crippen molar-refractivity contribution < 1.29 is 22.7 Å². The van der Waals surface area contributed by atoms with Crippen molar-refractivity contribution in [2.24, 2.45) is 17.8 Å². The van der Waals surface area contributed by atoms with Gasteiger partial charge in [-0.2, -0.15) is 0 Å². The first kappa shape index (κ1) is 27.4. The van der Waals surface area contributed by atoms with Crippen LogP contribution in [-0.2, 0) is 24.2 Å². The van der Waals surface area contributed by atoms with Gasteiger partial charge in [-0.05, 0) is 95.3 Å². The lowest BCUT2D eigenvalue weighted by atomic mass is 9.69. The van der Waals surface area contributed by atoms with E-state index in [1.165, 1.54) is 6.26 Å². The van der Waals surface area contributed by atoms with Gasteiger partial charge in [-0.25, -0.2) is 8.42 Å². The summed E-state index contributed by atoms with van der Waals surface area (Å²) in [4.78, 5) is 30.9. The molecule has 0 radical (unpaired) electrons. The summed E-state index contributed by atoms with van der Waals surface area (Å²) in [6, 6.07) is 0.403. The van der Waals surface area contributed by atoms with Crippen LogP contribution >= 0.6 is 0 Å². The van der Waals surface area contributed by atoms with Gasteiger partial charge in [0.05, 0.1) is 29.5 Å². The molecule has 3 aliphatic carbocycles. The molecular formula is C28H47N3O5S. The van der Waals surface area contributed by atoms with E-state index in [-0.39, 0.29) is 41.2 Å². The standard InChI is InChI=1S/C28H47N3O5S/c1-17-16-30(28(33)25-14-21-13-22(36-3)8-11-24(21)29-25)27-15-20(7-12-26(27)31(17)18(2)32)19-5-9-23(10-6-19)37(4,34)35/h17,19-27,29H,5-16H2,1-4H3/t17-,19?,20?,21?,22?,23?,24?,25?,26?,27?/m0/s1. The van der Waals surface area contributed by atoms with Crippen LogP contribution in [0.5, 0.6) is 0 Å². The minimum absolute atomic E-state index is 0.0194. The number of piperazine rings is 1. The fourth-order valence-corrected chi connectivity index (χ4v) is 9.92. The Morgan fingerprint density at radius 3 is 2.22 bits per heavy atom. The number of nitrogens with one attached hydrogen (secondary N) is 1. The van der Waals surface area contributed by atoms with Gasteiger partial charge in [0.25, 0.3) is 0 Å². The number of carbonyl (C=O) groups excluding carboxylic acids is 2. The Balaban J connectivity index is 1.30.